The first-order valence-electron chi connectivity index (χ1n) is 4.63. The van der Waals surface area contributed by atoms with Gasteiger partial charge in [0.15, 0.2) is 5.82 Å². The average molecular weight is 277 g/mol. The second-order valence-corrected chi connectivity index (χ2v) is 4.14. The first-order chi connectivity index (χ1) is 7.65. The highest BCUT2D eigenvalue weighted by molar-refractivity contribution is 9.10. The van der Waals surface area contributed by atoms with Crippen LogP contribution in [-0.4, -0.2) is 9.55 Å². The molecule has 80 valence electrons. The lowest BCUT2D eigenvalue weighted by atomic mass is 10.2. The van der Waals surface area contributed by atoms with Gasteiger partial charge in [0.25, 0.3) is 0 Å². The van der Waals surface area contributed by atoms with Gasteiger partial charge in [-0.3, -0.25) is 4.57 Å². The SMILES string of the molecule is Cc1c(N)cnc(-n2cccc2C#N)c1Br. The molecular formula is C11H9BrN4. The summed E-state index contributed by atoms with van der Waals surface area (Å²) in [4.78, 5) is 4.23. The van der Waals surface area contributed by atoms with E-state index in [-0.39, 0.29) is 0 Å². The lowest BCUT2D eigenvalue weighted by molar-refractivity contribution is 0.975. The number of anilines is 1. The summed E-state index contributed by atoms with van der Waals surface area (Å²) in [5.74, 6) is 0.674. The molecule has 0 aliphatic heterocycles. The summed E-state index contributed by atoms with van der Waals surface area (Å²) >= 11 is 3.44. The molecular weight excluding hydrogens is 268 g/mol. The van der Waals surface area contributed by atoms with Gasteiger partial charge in [-0.25, -0.2) is 4.98 Å². The Morgan fingerprint density at radius 1 is 1.56 bits per heavy atom. The number of nitrogens with two attached hydrogens (primary N) is 1. The molecule has 2 aromatic heterocycles. The fraction of sp³-hybridized carbons (Fsp3) is 0.0909. The first-order valence-corrected chi connectivity index (χ1v) is 5.43. The molecule has 0 radical (unpaired) electrons. The van der Waals surface area contributed by atoms with E-state index >= 15 is 0 Å². The summed E-state index contributed by atoms with van der Waals surface area (Å²) in [5, 5.41) is 8.94. The minimum Gasteiger partial charge on any atom is -0.397 e. The van der Waals surface area contributed by atoms with Crippen molar-refractivity contribution in [2.45, 2.75) is 6.92 Å². The van der Waals surface area contributed by atoms with Crippen molar-refractivity contribution in [2.75, 3.05) is 5.73 Å². The van der Waals surface area contributed by atoms with Crippen molar-refractivity contribution < 1.29 is 0 Å². The van der Waals surface area contributed by atoms with Crippen molar-refractivity contribution in [1.82, 2.24) is 9.55 Å². The second-order valence-electron chi connectivity index (χ2n) is 3.35. The highest BCUT2D eigenvalue weighted by atomic mass is 79.9. The third-order valence-corrected chi connectivity index (χ3v) is 3.33. The Morgan fingerprint density at radius 2 is 2.31 bits per heavy atom. The van der Waals surface area contributed by atoms with E-state index in [1.165, 1.54) is 0 Å². The van der Waals surface area contributed by atoms with Crippen LogP contribution in [0.5, 0.6) is 0 Å². The average Bonchev–Trinajstić information content (AvgIpc) is 2.74. The van der Waals surface area contributed by atoms with Gasteiger partial charge in [0.05, 0.1) is 16.4 Å². The molecule has 0 saturated heterocycles. The van der Waals surface area contributed by atoms with Crippen molar-refractivity contribution in [1.29, 1.82) is 5.26 Å². The van der Waals surface area contributed by atoms with Crippen LogP contribution in [0.25, 0.3) is 5.82 Å². The molecule has 0 fully saturated rings. The maximum Gasteiger partial charge on any atom is 0.152 e. The number of rotatable bonds is 1. The molecule has 2 N–H and O–H groups in total. The third-order valence-electron chi connectivity index (χ3n) is 2.38. The lowest BCUT2D eigenvalue weighted by Crippen LogP contribution is -2.03. The summed E-state index contributed by atoms with van der Waals surface area (Å²) in [7, 11) is 0. The van der Waals surface area contributed by atoms with Crippen molar-refractivity contribution in [3.05, 3.63) is 40.3 Å². The Labute approximate surface area is 101 Å². The fourth-order valence-corrected chi connectivity index (χ4v) is 1.93. The third kappa shape index (κ3) is 1.57. The Hall–Kier alpha value is -1.80. The molecule has 4 nitrogen and oxygen atoms in total. The van der Waals surface area contributed by atoms with Crippen molar-refractivity contribution in [2.24, 2.45) is 0 Å². The van der Waals surface area contributed by atoms with E-state index in [0.717, 1.165) is 10.0 Å². The quantitative estimate of drug-likeness (QED) is 0.870. The predicted octanol–water partition coefficient (Wildman–Crippen LogP) is 2.40. The van der Waals surface area contributed by atoms with Crippen LogP contribution in [0.2, 0.25) is 0 Å². The standard InChI is InChI=1S/C11H9BrN4/c1-7-9(14)6-15-11(10(7)12)16-4-2-3-8(16)5-13/h2-4,6H,14H2,1H3. The fourth-order valence-electron chi connectivity index (χ4n) is 1.40. The van der Waals surface area contributed by atoms with E-state index in [4.69, 9.17) is 11.0 Å². The van der Waals surface area contributed by atoms with Gasteiger partial charge in [-0.15, -0.1) is 0 Å². The number of hydrogen-bond donors (Lipinski definition) is 1. The Kier molecular flexibility index (Phi) is 2.67. The van der Waals surface area contributed by atoms with E-state index in [0.29, 0.717) is 17.2 Å². The van der Waals surface area contributed by atoms with Gasteiger partial charge in [-0.2, -0.15) is 5.26 Å². The molecule has 0 aromatic carbocycles. The molecule has 0 aliphatic carbocycles. The summed E-state index contributed by atoms with van der Waals surface area (Å²) in [6.45, 7) is 1.90. The summed E-state index contributed by atoms with van der Waals surface area (Å²) in [5.41, 5.74) is 7.83. The van der Waals surface area contributed by atoms with Gasteiger partial charge in [0.2, 0.25) is 0 Å². The van der Waals surface area contributed by atoms with E-state index in [2.05, 4.69) is 27.0 Å². The molecule has 2 rings (SSSR count). The predicted molar refractivity (Wildman–Crippen MR) is 65.1 cm³/mol. The minimum atomic E-state index is 0.539. The zero-order valence-electron chi connectivity index (χ0n) is 8.61. The maximum atomic E-state index is 8.94. The molecule has 5 heteroatoms. The van der Waals surface area contributed by atoms with Crippen LogP contribution < -0.4 is 5.73 Å². The number of nitrogens with zero attached hydrogens (tertiary/aromatic N) is 3. The number of pyridine rings is 1. The van der Waals surface area contributed by atoms with Crippen LogP contribution >= 0.6 is 15.9 Å². The summed E-state index contributed by atoms with van der Waals surface area (Å²) in [6, 6.07) is 5.65. The van der Waals surface area contributed by atoms with Gasteiger partial charge in [0.1, 0.15) is 11.8 Å². The van der Waals surface area contributed by atoms with Crippen molar-refractivity contribution in [3.8, 4) is 11.9 Å². The van der Waals surface area contributed by atoms with Gasteiger partial charge in [0, 0.05) is 6.20 Å². The van der Waals surface area contributed by atoms with E-state index in [1.807, 2.05) is 6.92 Å². The van der Waals surface area contributed by atoms with E-state index in [9.17, 15) is 0 Å². The molecule has 0 unspecified atom stereocenters. The zero-order valence-corrected chi connectivity index (χ0v) is 10.2. The molecule has 0 bridgehead atoms. The number of nitrogen functional groups attached to an aromatic ring is 1. The first kappa shape index (κ1) is 10.7. The molecule has 2 aromatic rings. The molecule has 0 spiro atoms. The van der Waals surface area contributed by atoms with Crippen molar-refractivity contribution in [3.63, 3.8) is 0 Å². The van der Waals surface area contributed by atoms with Crippen LogP contribution in [0, 0.1) is 18.3 Å². The topological polar surface area (TPSA) is 67.6 Å². The molecule has 0 atom stereocenters. The Morgan fingerprint density at radius 3 is 3.00 bits per heavy atom. The lowest BCUT2D eigenvalue weighted by Gasteiger charge is -2.10. The Bertz CT molecular complexity index is 580. The largest absolute Gasteiger partial charge is 0.397 e. The second kappa shape index (κ2) is 3.99. The van der Waals surface area contributed by atoms with E-state index < -0.39 is 0 Å². The highest BCUT2D eigenvalue weighted by Crippen LogP contribution is 2.27. The van der Waals surface area contributed by atoms with Crippen LogP contribution in [-0.2, 0) is 0 Å². The number of hydrogen-bond acceptors (Lipinski definition) is 3. The van der Waals surface area contributed by atoms with Gasteiger partial charge in [-0.05, 0) is 40.5 Å². The van der Waals surface area contributed by atoms with Gasteiger partial charge >= 0.3 is 0 Å². The maximum absolute atomic E-state index is 8.94. The van der Waals surface area contributed by atoms with E-state index in [1.54, 1.807) is 29.1 Å². The molecule has 2 heterocycles. The summed E-state index contributed by atoms with van der Waals surface area (Å²) < 4.78 is 2.52. The summed E-state index contributed by atoms with van der Waals surface area (Å²) in [6.07, 6.45) is 3.39. The van der Waals surface area contributed by atoms with Crippen LogP contribution in [0.15, 0.2) is 29.0 Å². The van der Waals surface area contributed by atoms with Crippen LogP contribution in [0.4, 0.5) is 5.69 Å². The number of aromatic nitrogens is 2. The number of halogens is 1. The number of nitriles is 1. The molecule has 0 saturated carbocycles. The van der Waals surface area contributed by atoms with Gasteiger partial charge < -0.3 is 5.73 Å². The molecule has 0 aliphatic rings. The highest BCUT2D eigenvalue weighted by Gasteiger charge is 2.11. The van der Waals surface area contributed by atoms with Crippen molar-refractivity contribution >= 4 is 21.6 Å². The smallest absolute Gasteiger partial charge is 0.152 e. The Balaban J connectivity index is 2.67. The van der Waals surface area contributed by atoms with Crippen LogP contribution in [0.3, 0.4) is 0 Å². The van der Waals surface area contributed by atoms with Gasteiger partial charge in [-0.1, -0.05) is 0 Å². The normalized spacial score (nSPS) is 10.1. The monoisotopic (exact) mass is 276 g/mol. The molecule has 0 amide bonds. The van der Waals surface area contributed by atoms with Crippen LogP contribution in [0.1, 0.15) is 11.3 Å². The zero-order chi connectivity index (χ0) is 11.7. The minimum absolute atomic E-state index is 0.539. The molecule has 16 heavy (non-hydrogen) atoms.